The molecule has 2 unspecified atom stereocenters. The summed E-state index contributed by atoms with van der Waals surface area (Å²) in [7, 11) is 3.24. The van der Waals surface area contributed by atoms with Gasteiger partial charge in [-0.1, -0.05) is 0 Å². The van der Waals surface area contributed by atoms with Gasteiger partial charge in [-0.05, 0) is 62.1 Å². The Balaban J connectivity index is 1.49. The highest BCUT2D eigenvalue weighted by Gasteiger charge is 2.37. The number of carbonyl (C=O) groups excluding carboxylic acids is 2. The van der Waals surface area contributed by atoms with Gasteiger partial charge in [-0.3, -0.25) is 9.59 Å². The van der Waals surface area contributed by atoms with Crippen molar-refractivity contribution in [2.75, 3.05) is 33.9 Å². The molecule has 7 heteroatoms. The summed E-state index contributed by atoms with van der Waals surface area (Å²) in [5, 5.41) is 0. The zero-order valence-corrected chi connectivity index (χ0v) is 18.6. The highest BCUT2D eigenvalue weighted by atomic mass is 19.1. The van der Waals surface area contributed by atoms with E-state index in [1.807, 2.05) is 23.1 Å². The second-order valence-corrected chi connectivity index (χ2v) is 8.39. The Morgan fingerprint density at radius 3 is 2.44 bits per heavy atom. The van der Waals surface area contributed by atoms with Gasteiger partial charge in [0.25, 0.3) is 5.91 Å². The van der Waals surface area contributed by atoms with Crippen LogP contribution in [0, 0.1) is 11.7 Å². The van der Waals surface area contributed by atoms with Crippen LogP contribution >= 0.6 is 0 Å². The van der Waals surface area contributed by atoms with Crippen molar-refractivity contribution in [3.63, 3.8) is 0 Å². The highest BCUT2D eigenvalue weighted by molar-refractivity contribution is 5.94. The summed E-state index contributed by atoms with van der Waals surface area (Å²) in [5.74, 6) is 0.744. The first kappa shape index (κ1) is 22.1. The molecule has 2 fully saturated rings. The maximum Gasteiger partial charge on any atom is 0.253 e. The van der Waals surface area contributed by atoms with Crippen LogP contribution in [0.25, 0.3) is 0 Å². The van der Waals surface area contributed by atoms with Crippen molar-refractivity contribution in [2.24, 2.45) is 5.92 Å². The molecule has 0 radical (unpaired) electrons. The van der Waals surface area contributed by atoms with Gasteiger partial charge in [0.15, 0.2) is 0 Å². The smallest absolute Gasteiger partial charge is 0.253 e. The number of nitrogens with zero attached hydrogens (tertiary/aromatic N) is 2. The minimum absolute atomic E-state index is 0.0495. The Morgan fingerprint density at radius 1 is 0.969 bits per heavy atom. The van der Waals surface area contributed by atoms with Crippen LogP contribution in [-0.4, -0.2) is 55.5 Å². The van der Waals surface area contributed by atoms with Crippen molar-refractivity contribution in [1.82, 2.24) is 9.80 Å². The lowest BCUT2D eigenvalue weighted by Crippen LogP contribution is -2.46. The van der Waals surface area contributed by atoms with E-state index in [4.69, 9.17) is 9.47 Å². The molecule has 2 amide bonds. The Labute approximate surface area is 187 Å². The fraction of sp³-hybridized carbons (Fsp3) is 0.440. The van der Waals surface area contributed by atoms with Gasteiger partial charge in [-0.15, -0.1) is 0 Å². The van der Waals surface area contributed by atoms with E-state index in [-0.39, 0.29) is 29.6 Å². The largest absolute Gasteiger partial charge is 0.497 e. The maximum atomic E-state index is 13.5. The third-order valence-electron chi connectivity index (χ3n) is 6.48. The summed E-state index contributed by atoms with van der Waals surface area (Å²) < 4.78 is 24.1. The molecular formula is C25H29FN2O4. The lowest BCUT2D eigenvalue weighted by molar-refractivity contribution is -0.138. The fourth-order valence-corrected chi connectivity index (χ4v) is 4.82. The topological polar surface area (TPSA) is 59.1 Å². The molecule has 2 saturated heterocycles. The van der Waals surface area contributed by atoms with Crippen LogP contribution in [0.2, 0.25) is 0 Å². The molecule has 2 atom stereocenters. The number of methoxy groups -OCH3 is 2. The standard InChI is InChI=1S/C25H29FN2O4/c1-31-20-11-12-21(23(15-20)32-2)22-6-4-14-28(22)25(30)18-5-3-13-27(16-18)24(29)17-7-9-19(26)10-8-17/h7-12,15,18,22H,3-6,13-14,16H2,1-2H3. The summed E-state index contributed by atoms with van der Waals surface area (Å²) in [5.41, 5.74) is 1.43. The second-order valence-electron chi connectivity index (χ2n) is 8.39. The second kappa shape index (κ2) is 9.59. The van der Waals surface area contributed by atoms with Gasteiger partial charge in [0.2, 0.25) is 5.91 Å². The van der Waals surface area contributed by atoms with E-state index in [9.17, 15) is 14.0 Å². The summed E-state index contributed by atoms with van der Waals surface area (Å²) in [6.07, 6.45) is 3.33. The zero-order valence-electron chi connectivity index (χ0n) is 18.6. The number of halogens is 1. The number of hydrogen-bond acceptors (Lipinski definition) is 4. The minimum atomic E-state index is -0.373. The molecular weight excluding hydrogens is 411 g/mol. The number of likely N-dealkylation sites (tertiary alicyclic amines) is 2. The Bertz CT molecular complexity index is 978. The monoisotopic (exact) mass is 440 g/mol. The third kappa shape index (κ3) is 4.42. The predicted molar refractivity (Wildman–Crippen MR) is 118 cm³/mol. The lowest BCUT2D eigenvalue weighted by Gasteiger charge is -2.36. The van der Waals surface area contributed by atoms with Crippen LogP contribution in [0.1, 0.15) is 47.6 Å². The van der Waals surface area contributed by atoms with Gasteiger partial charge in [0.1, 0.15) is 17.3 Å². The van der Waals surface area contributed by atoms with E-state index in [1.54, 1.807) is 19.1 Å². The molecule has 2 heterocycles. The van der Waals surface area contributed by atoms with E-state index in [2.05, 4.69) is 0 Å². The number of amides is 2. The van der Waals surface area contributed by atoms with Crippen molar-refractivity contribution in [3.8, 4) is 11.5 Å². The molecule has 2 aromatic carbocycles. The molecule has 32 heavy (non-hydrogen) atoms. The van der Waals surface area contributed by atoms with E-state index >= 15 is 0 Å². The number of piperidine rings is 1. The molecule has 6 nitrogen and oxygen atoms in total. The first-order valence-electron chi connectivity index (χ1n) is 11.1. The van der Waals surface area contributed by atoms with Crippen molar-refractivity contribution in [1.29, 1.82) is 0 Å². The predicted octanol–water partition coefficient (Wildman–Crippen LogP) is 4.06. The molecule has 0 saturated carbocycles. The minimum Gasteiger partial charge on any atom is -0.497 e. The Kier molecular flexibility index (Phi) is 6.63. The maximum absolute atomic E-state index is 13.5. The molecule has 0 aromatic heterocycles. The van der Waals surface area contributed by atoms with Crippen LogP contribution < -0.4 is 9.47 Å². The van der Waals surface area contributed by atoms with Crippen molar-refractivity contribution in [3.05, 3.63) is 59.4 Å². The van der Waals surface area contributed by atoms with Crippen LogP contribution in [0.3, 0.4) is 0 Å². The van der Waals surface area contributed by atoms with Crippen LogP contribution in [-0.2, 0) is 4.79 Å². The number of rotatable bonds is 5. The van der Waals surface area contributed by atoms with Crippen LogP contribution in [0.4, 0.5) is 4.39 Å². The molecule has 0 aliphatic carbocycles. The molecule has 170 valence electrons. The van der Waals surface area contributed by atoms with Gasteiger partial charge in [0.05, 0.1) is 26.2 Å². The summed E-state index contributed by atoms with van der Waals surface area (Å²) in [6, 6.07) is 11.2. The molecule has 0 bridgehead atoms. The van der Waals surface area contributed by atoms with Gasteiger partial charge in [-0.2, -0.15) is 0 Å². The lowest BCUT2D eigenvalue weighted by atomic mass is 9.94. The molecule has 0 N–H and O–H groups in total. The van der Waals surface area contributed by atoms with E-state index in [1.165, 1.54) is 24.3 Å². The van der Waals surface area contributed by atoms with Gasteiger partial charge in [-0.25, -0.2) is 4.39 Å². The Morgan fingerprint density at radius 2 is 1.72 bits per heavy atom. The third-order valence-corrected chi connectivity index (χ3v) is 6.48. The van der Waals surface area contributed by atoms with Gasteiger partial charge in [0, 0.05) is 36.8 Å². The molecule has 0 spiro atoms. The van der Waals surface area contributed by atoms with Crippen molar-refractivity contribution < 1.29 is 23.5 Å². The van der Waals surface area contributed by atoms with Crippen LogP contribution in [0.5, 0.6) is 11.5 Å². The van der Waals surface area contributed by atoms with E-state index < -0.39 is 0 Å². The van der Waals surface area contributed by atoms with E-state index in [0.717, 1.165) is 31.2 Å². The SMILES string of the molecule is COc1ccc(C2CCCN2C(=O)C2CCCN(C(=O)c3ccc(F)cc3)C2)c(OC)c1. The highest BCUT2D eigenvalue weighted by Crippen LogP contribution is 2.40. The fourth-order valence-electron chi connectivity index (χ4n) is 4.82. The van der Waals surface area contributed by atoms with Crippen molar-refractivity contribution >= 4 is 11.8 Å². The number of benzene rings is 2. The number of hydrogen-bond donors (Lipinski definition) is 0. The quantitative estimate of drug-likeness (QED) is 0.704. The normalized spacial score (nSPS) is 20.8. The van der Waals surface area contributed by atoms with Gasteiger partial charge >= 0.3 is 0 Å². The van der Waals surface area contributed by atoms with E-state index in [0.29, 0.717) is 36.7 Å². The van der Waals surface area contributed by atoms with Crippen LogP contribution in [0.15, 0.2) is 42.5 Å². The Hall–Kier alpha value is -3.09. The average Bonchev–Trinajstić information content (AvgIpc) is 3.33. The summed E-state index contributed by atoms with van der Waals surface area (Å²) >= 11 is 0. The molecule has 2 aromatic rings. The number of ether oxygens (including phenoxy) is 2. The van der Waals surface area contributed by atoms with Gasteiger partial charge < -0.3 is 19.3 Å². The molecule has 4 rings (SSSR count). The summed E-state index contributed by atoms with van der Waals surface area (Å²) in [6.45, 7) is 1.69. The van der Waals surface area contributed by atoms with Crippen molar-refractivity contribution in [2.45, 2.75) is 31.7 Å². The average molecular weight is 441 g/mol. The first-order chi connectivity index (χ1) is 15.5. The zero-order chi connectivity index (χ0) is 22.7. The molecule has 2 aliphatic heterocycles. The number of carbonyl (C=O) groups is 2. The first-order valence-corrected chi connectivity index (χ1v) is 11.1. The molecule has 2 aliphatic rings. The summed E-state index contributed by atoms with van der Waals surface area (Å²) in [4.78, 5) is 30.1.